The zero-order chi connectivity index (χ0) is 28.3. The van der Waals surface area contributed by atoms with Gasteiger partial charge in [0.25, 0.3) is 0 Å². The van der Waals surface area contributed by atoms with Crippen LogP contribution in [-0.4, -0.2) is 56.1 Å². The summed E-state index contributed by atoms with van der Waals surface area (Å²) in [6.45, 7) is 1.63. The molecule has 0 aliphatic carbocycles. The molecule has 0 aliphatic heterocycles. The normalized spacial score (nSPS) is 11.5. The van der Waals surface area contributed by atoms with Gasteiger partial charge in [0.15, 0.2) is 11.5 Å². The van der Waals surface area contributed by atoms with Gasteiger partial charge in [0.05, 0.1) is 11.6 Å². The maximum absolute atomic E-state index is 13.6. The zero-order valence-corrected chi connectivity index (χ0v) is 21.0. The number of benzene rings is 1. The molecule has 0 saturated carbocycles. The van der Waals surface area contributed by atoms with Crippen molar-refractivity contribution in [3.8, 4) is 22.8 Å². The maximum Gasteiger partial charge on any atom is 0.435 e. The minimum Gasteiger partial charge on any atom is -0.477 e. The van der Waals surface area contributed by atoms with Crippen molar-refractivity contribution in [2.45, 2.75) is 13.1 Å². The predicted molar refractivity (Wildman–Crippen MR) is 131 cm³/mol. The molecule has 0 unspecified atom stereocenters. The molecule has 0 atom stereocenters. The molecule has 0 bridgehead atoms. The van der Waals surface area contributed by atoms with Crippen LogP contribution in [0.1, 0.15) is 21.7 Å². The summed E-state index contributed by atoms with van der Waals surface area (Å²) in [4.78, 5) is 24.5. The van der Waals surface area contributed by atoms with Crippen molar-refractivity contribution in [1.29, 1.82) is 0 Å². The zero-order valence-electron chi connectivity index (χ0n) is 20.3. The van der Waals surface area contributed by atoms with Crippen molar-refractivity contribution in [2.75, 3.05) is 25.6 Å². The molecule has 15 heteroatoms. The summed E-state index contributed by atoms with van der Waals surface area (Å²) in [5.41, 5.74) is -0.775. The van der Waals surface area contributed by atoms with E-state index in [2.05, 4.69) is 25.4 Å². The van der Waals surface area contributed by atoms with Gasteiger partial charge in [-0.15, -0.1) is 0 Å². The molecule has 39 heavy (non-hydrogen) atoms. The smallest absolute Gasteiger partial charge is 0.435 e. The Balaban J connectivity index is 1.84. The van der Waals surface area contributed by atoms with Crippen molar-refractivity contribution in [3.05, 3.63) is 70.5 Å². The van der Waals surface area contributed by atoms with Crippen molar-refractivity contribution in [1.82, 2.24) is 24.7 Å². The number of rotatable bonds is 9. The Kier molecular flexibility index (Phi) is 7.97. The van der Waals surface area contributed by atoms with E-state index >= 15 is 0 Å². The SMILES string of the molecule is COCCOc1ncc(-c2cnc(Nc3ccc(F)c(Cl)c3)nc2-n2nc(C(F)(F)F)cc2C)cc1C(=O)O. The van der Waals surface area contributed by atoms with E-state index in [0.29, 0.717) is 5.69 Å². The van der Waals surface area contributed by atoms with Gasteiger partial charge >= 0.3 is 12.1 Å². The topological polar surface area (TPSA) is 124 Å². The van der Waals surface area contributed by atoms with Gasteiger partial charge in [-0.1, -0.05) is 11.6 Å². The van der Waals surface area contributed by atoms with Crippen LogP contribution in [0, 0.1) is 12.7 Å². The number of ether oxygens (including phenoxy) is 2. The average molecular weight is 567 g/mol. The van der Waals surface area contributed by atoms with Crippen LogP contribution in [0.15, 0.2) is 42.7 Å². The number of carboxylic acid groups (broad SMARTS) is 1. The number of carbonyl (C=O) groups is 1. The standard InChI is InChI=1S/C24H19ClF4N6O4/c1-12-7-19(24(27,28)29)34-35(12)20-16(11-31-23(33-20)32-14-3-4-18(26)17(25)9-14)13-8-15(22(36)37)21(30-10-13)39-6-5-38-2/h3-4,7-11H,5-6H2,1-2H3,(H,36,37)(H,31,32,33). The number of pyridine rings is 1. The molecule has 0 saturated heterocycles. The van der Waals surface area contributed by atoms with Gasteiger partial charge in [-0.05, 0) is 37.3 Å². The Morgan fingerprint density at radius 2 is 1.92 bits per heavy atom. The Bertz CT molecular complexity index is 1530. The second-order valence-electron chi connectivity index (χ2n) is 7.99. The molecule has 4 rings (SSSR count). The summed E-state index contributed by atoms with van der Waals surface area (Å²) in [6.07, 6.45) is -2.19. The minimum absolute atomic E-state index is 0.0396. The molecule has 4 aromatic rings. The van der Waals surface area contributed by atoms with Crippen LogP contribution >= 0.6 is 11.6 Å². The van der Waals surface area contributed by atoms with E-state index in [4.69, 9.17) is 21.1 Å². The summed E-state index contributed by atoms with van der Waals surface area (Å²) in [5, 5.41) is 16.0. The first-order valence-corrected chi connectivity index (χ1v) is 11.4. The molecular formula is C24H19ClF4N6O4. The minimum atomic E-state index is -4.73. The van der Waals surface area contributed by atoms with E-state index in [-0.39, 0.29) is 58.3 Å². The number of nitrogens with zero attached hydrogens (tertiary/aromatic N) is 5. The molecule has 3 heterocycles. The van der Waals surface area contributed by atoms with Gasteiger partial charge in [-0.3, -0.25) is 0 Å². The molecule has 0 amide bonds. The third kappa shape index (κ3) is 6.23. The predicted octanol–water partition coefficient (Wildman–Crippen LogP) is 5.31. The number of methoxy groups -OCH3 is 1. The van der Waals surface area contributed by atoms with E-state index in [1.54, 1.807) is 0 Å². The number of carboxylic acids is 1. The lowest BCUT2D eigenvalue weighted by Crippen LogP contribution is -2.12. The van der Waals surface area contributed by atoms with Gasteiger partial charge in [0, 0.05) is 42.0 Å². The van der Waals surface area contributed by atoms with Crippen LogP contribution in [0.2, 0.25) is 5.02 Å². The second kappa shape index (κ2) is 11.2. The van der Waals surface area contributed by atoms with Gasteiger partial charge in [0.2, 0.25) is 11.8 Å². The Hall–Kier alpha value is -4.30. The Morgan fingerprint density at radius 1 is 1.15 bits per heavy atom. The third-order valence-corrected chi connectivity index (χ3v) is 5.53. The van der Waals surface area contributed by atoms with Crippen LogP contribution in [-0.2, 0) is 10.9 Å². The molecule has 0 aliphatic rings. The summed E-state index contributed by atoms with van der Waals surface area (Å²) in [7, 11) is 1.45. The molecular weight excluding hydrogens is 548 g/mol. The quantitative estimate of drug-likeness (QED) is 0.205. The highest BCUT2D eigenvalue weighted by Gasteiger charge is 2.35. The lowest BCUT2D eigenvalue weighted by atomic mass is 10.1. The van der Waals surface area contributed by atoms with Gasteiger partial charge in [0.1, 0.15) is 18.0 Å². The number of halogens is 5. The molecule has 10 nitrogen and oxygen atoms in total. The van der Waals surface area contributed by atoms with Crippen LogP contribution in [0.5, 0.6) is 5.88 Å². The van der Waals surface area contributed by atoms with E-state index in [1.807, 2.05) is 0 Å². The number of aromatic carboxylic acids is 1. The average Bonchev–Trinajstić information content (AvgIpc) is 3.28. The monoisotopic (exact) mass is 566 g/mol. The third-order valence-electron chi connectivity index (χ3n) is 5.24. The summed E-state index contributed by atoms with van der Waals surface area (Å²) >= 11 is 5.82. The number of nitrogens with one attached hydrogen (secondary N) is 1. The maximum atomic E-state index is 13.6. The highest BCUT2D eigenvalue weighted by molar-refractivity contribution is 6.31. The lowest BCUT2D eigenvalue weighted by Gasteiger charge is -2.14. The fourth-order valence-electron chi connectivity index (χ4n) is 3.42. The van der Waals surface area contributed by atoms with Crippen LogP contribution in [0.25, 0.3) is 16.9 Å². The van der Waals surface area contributed by atoms with Crippen molar-refractivity contribution < 1.29 is 36.9 Å². The van der Waals surface area contributed by atoms with Crippen LogP contribution in [0.3, 0.4) is 0 Å². The number of hydrogen-bond acceptors (Lipinski definition) is 8. The van der Waals surface area contributed by atoms with E-state index in [0.717, 1.165) is 16.8 Å². The highest BCUT2D eigenvalue weighted by Crippen LogP contribution is 2.33. The van der Waals surface area contributed by atoms with E-state index in [9.17, 15) is 27.5 Å². The number of anilines is 2. The Labute approximate surface area is 223 Å². The molecule has 2 N–H and O–H groups in total. The Morgan fingerprint density at radius 3 is 2.56 bits per heavy atom. The van der Waals surface area contributed by atoms with E-state index in [1.165, 1.54) is 44.6 Å². The summed E-state index contributed by atoms with van der Waals surface area (Å²) < 4.78 is 65.0. The van der Waals surface area contributed by atoms with Crippen LogP contribution in [0.4, 0.5) is 29.2 Å². The molecule has 3 aromatic heterocycles. The molecule has 204 valence electrons. The first-order chi connectivity index (χ1) is 18.5. The van der Waals surface area contributed by atoms with E-state index < -0.39 is 23.7 Å². The highest BCUT2D eigenvalue weighted by atomic mass is 35.5. The second-order valence-corrected chi connectivity index (χ2v) is 8.40. The number of alkyl halides is 3. The molecule has 1 aromatic carbocycles. The first kappa shape index (κ1) is 27.7. The summed E-state index contributed by atoms with van der Waals surface area (Å²) in [6, 6.07) is 5.83. The van der Waals surface area contributed by atoms with Crippen molar-refractivity contribution >= 4 is 29.2 Å². The number of hydrogen-bond donors (Lipinski definition) is 2. The largest absolute Gasteiger partial charge is 0.477 e. The molecule has 0 fully saturated rings. The lowest BCUT2D eigenvalue weighted by molar-refractivity contribution is -0.141. The number of aryl methyl sites for hydroxylation is 1. The fourth-order valence-corrected chi connectivity index (χ4v) is 3.60. The first-order valence-electron chi connectivity index (χ1n) is 11.1. The van der Waals surface area contributed by atoms with Gasteiger partial charge in [-0.2, -0.15) is 23.3 Å². The fraction of sp³-hybridized carbons (Fsp3) is 0.208. The molecule has 0 spiro atoms. The van der Waals surface area contributed by atoms with Crippen molar-refractivity contribution in [3.63, 3.8) is 0 Å². The van der Waals surface area contributed by atoms with Gasteiger partial charge < -0.3 is 19.9 Å². The number of aromatic nitrogens is 5. The summed E-state index contributed by atoms with van der Waals surface area (Å²) in [5.74, 6) is -2.36. The van der Waals surface area contributed by atoms with Gasteiger partial charge in [-0.25, -0.2) is 23.8 Å². The van der Waals surface area contributed by atoms with Crippen LogP contribution < -0.4 is 10.1 Å². The molecule has 0 radical (unpaired) electrons. The van der Waals surface area contributed by atoms with Crippen molar-refractivity contribution in [2.24, 2.45) is 0 Å².